The molecule has 0 spiro atoms. The van der Waals surface area contributed by atoms with Crippen molar-refractivity contribution in [2.45, 2.75) is 13.0 Å². The number of anilines is 1. The van der Waals surface area contributed by atoms with Crippen LogP contribution < -0.4 is 10.6 Å². The molecule has 1 aromatic heterocycles. The number of guanidine groups is 1. The zero-order valence-corrected chi connectivity index (χ0v) is 12.7. The van der Waals surface area contributed by atoms with Crippen molar-refractivity contribution in [3.05, 3.63) is 58.3 Å². The van der Waals surface area contributed by atoms with E-state index in [0.29, 0.717) is 12.5 Å². The van der Waals surface area contributed by atoms with E-state index in [2.05, 4.69) is 62.0 Å². The molecule has 2 aromatic rings. The molecular weight excluding hydrogens is 316 g/mol. The summed E-state index contributed by atoms with van der Waals surface area (Å²) >= 11 is 3.46. The molecule has 0 saturated carbocycles. The van der Waals surface area contributed by atoms with Gasteiger partial charge in [0.2, 0.25) is 0 Å². The number of aryl methyl sites for hydroxylation is 1. The summed E-state index contributed by atoms with van der Waals surface area (Å²) in [6.07, 6.45) is 3.64. The summed E-state index contributed by atoms with van der Waals surface area (Å²) in [4.78, 5) is 10.7. The Bertz CT molecular complexity index is 668. The lowest BCUT2D eigenvalue weighted by Gasteiger charge is -2.26. The van der Waals surface area contributed by atoms with Gasteiger partial charge in [-0.25, -0.2) is 0 Å². The molecule has 1 aliphatic rings. The maximum absolute atomic E-state index is 6.07. The Morgan fingerprint density at radius 1 is 1.30 bits per heavy atom. The van der Waals surface area contributed by atoms with Crippen molar-refractivity contribution >= 4 is 27.6 Å². The fourth-order valence-electron chi connectivity index (χ4n) is 2.45. The van der Waals surface area contributed by atoms with E-state index in [1.54, 1.807) is 6.20 Å². The van der Waals surface area contributed by atoms with Gasteiger partial charge in [0.15, 0.2) is 5.96 Å². The largest absolute Gasteiger partial charge is 0.369 e. The Morgan fingerprint density at radius 2 is 2.15 bits per heavy atom. The van der Waals surface area contributed by atoms with Crippen molar-refractivity contribution in [1.29, 1.82) is 0 Å². The molecule has 1 aromatic carbocycles. The summed E-state index contributed by atoms with van der Waals surface area (Å²) in [6.45, 7) is 2.72. The van der Waals surface area contributed by atoms with Crippen molar-refractivity contribution in [3.8, 4) is 0 Å². The van der Waals surface area contributed by atoms with E-state index in [1.807, 2.05) is 12.3 Å². The van der Waals surface area contributed by atoms with Crippen LogP contribution in [-0.4, -0.2) is 17.5 Å². The van der Waals surface area contributed by atoms with Crippen LogP contribution in [0.3, 0.4) is 0 Å². The number of nitrogens with zero attached hydrogens (tertiary/aromatic N) is 3. The van der Waals surface area contributed by atoms with Gasteiger partial charge in [0.25, 0.3) is 0 Å². The van der Waals surface area contributed by atoms with E-state index in [9.17, 15) is 0 Å². The standard InChI is InChI=1S/C15H15BrN4/c1-10-3-2-4-13(5-10)20-14(9-19-15(20)17)11-6-12(16)8-18-7-11/h2-8,14H,9H2,1H3,(H2,17,19). The molecule has 3 rings (SSSR count). The molecule has 1 aliphatic heterocycles. The van der Waals surface area contributed by atoms with Gasteiger partial charge in [-0.3, -0.25) is 9.98 Å². The second kappa shape index (κ2) is 5.25. The van der Waals surface area contributed by atoms with E-state index in [1.165, 1.54) is 5.56 Å². The molecule has 2 heterocycles. The molecule has 0 bridgehead atoms. The number of halogens is 1. The molecule has 1 unspecified atom stereocenters. The quantitative estimate of drug-likeness (QED) is 0.920. The normalized spacial score (nSPS) is 18.2. The first-order valence-electron chi connectivity index (χ1n) is 6.41. The van der Waals surface area contributed by atoms with E-state index >= 15 is 0 Å². The van der Waals surface area contributed by atoms with Gasteiger partial charge < -0.3 is 10.6 Å². The highest BCUT2D eigenvalue weighted by molar-refractivity contribution is 9.10. The number of benzene rings is 1. The lowest BCUT2D eigenvalue weighted by molar-refractivity contribution is 0.763. The van der Waals surface area contributed by atoms with Gasteiger partial charge in [-0.1, -0.05) is 12.1 Å². The Labute approximate surface area is 126 Å². The summed E-state index contributed by atoms with van der Waals surface area (Å²) in [6, 6.07) is 10.4. The number of hydrogen-bond donors (Lipinski definition) is 1. The third kappa shape index (κ3) is 2.41. The van der Waals surface area contributed by atoms with Crippen LogP contribution in [0.25, 0.3) is 0 Å². The minimum Gasteiger partial charge on any atom is -0.369 e. The predicted octanol–water partition coefficient (Wildman–Crippen LogP) is 3.03. The highest BCUT2D eigenvalue weighted by atomic mass is 79.9. The molecule has 0 amide bonds. The fourth-order valence-corrected chi connectivity index (χ4v) is 2.84. The van der Waals surface area contributed by atoms with Gasteiger partial charge in [-0.15, -0.1) is 0 Å². The van der Waals surface area contributed by atoms with Gasteiger partial charge in [0.05, 0.1) is 12.6 Å². The van der Waals surface area contributed by atoms with Crippen LogP contribution >= 0.6 is 15.9 Å². The number of nitrogens with two attached hydrogens (primary N) is 1. The summed E-state index contributed by atoms with van der Waals surface area (Å²) in [5.41, 5.74) is 9.44. The minimum absolute atomic E-state index is 0.0989. The average Bonchev–Trinajstić information content (AvgIpc) is 2.80. The summed E-state index contributed by atoms with van der Waals surface area (Å²) in [7, 11) is 0. The van der Waals surface area contributed by atoms with Gasteiger partial charge >= 0.3 is 0 Å². The summed E-state index contributed by atoms with van der Waals surface area (Å²) < 4.78 is 0.963. The summed E-state index contributed by atoms with van der Waals surface area (Å²) in [5.74, 6) is 0.556. The first-order valence-corrected chi connectivity index (χ1v) is 7.21. The van der Waals surface area contributed by atoms with Crippen molar-refractivity contribution in [2.24, 2.45) is 10.7 Å². The fraction of sp³-hybridized carbons (Fsp3) is 0.200. The van der Waals surface area contributed by atoms with Crippen molar-refractivity contribution in [2.75, 3.05) is 11.4 Å². The topological polar surface area (TPSA) is 54.5 Å². The molecule has 1 atom stereocenters. The molecular formula is C15H15BrN4. The Kier molecular flexibility index (Phi) is 3.44. The highest BCUT2D eigenvalue weighted by Crippen LogP contribution is 2.31. The molecule has 102 valence electrons. The molecule has 5 heteroatoms. The Balaban J connectivity index is 2.00. The Hall–Kier alpha value is -1.88. The first kappa shape index (κ1) is 13.1. The molecule has 2 N–H and O–H groups in total. The molecule has 0 aliphatic carbocycles. The monoisotopic (exact) mass is 330 g/mol. The van der Waals surface area contributed by atoms with Crippen molar-refractivity contribution in [1.82, 2.24) is 4.98 Å². The SMILES string of the molecule is Cc1cccc(N2C(N)=NCC2c2cncc(Br)c2)c1. The van der Waals surface area contributed by atoms with Crippen LogP contribution in [-0.2, 0) is 0 Å². The van der Waals surface area contributed by atoms with Crippen LogP contribution in [0.2, 0.25) is 0 Å². The molecule has 4 nitrogen and oxygen atoms in total. The van der Waals surface area contributed by atoms with Crippen LogP contribution in [0, 0.1) is 6.92 Å². The number of rotatable bonds is 2. The Morgan fingerprint density at radius 3 is 2.90 bits per heavy atom. The van der Waals surface area contributed by atoms with Crippen LogP contribution in [0.5, 0.6) is 0 Å². The molecule has 0 radical (unpaired) electrons. The lowest BCUT2D eigenvalue weighted by atomic mass is 10.1. The zero-order chi connectivity index (χ0) is 14.1. The maximum Gasteiger partial charge on any atom is 0.196 e. The van der Waals surface area contributed by atoms with E-state index in [-0.39, 0.29) is 6.04 Å². The summed E-state index contributed by atoms with van der Waals surface area (Å²) in [5, 5.41) is 0. The number of pyridine rings is 1. The highest BCUT2D eigenvalue weighted by Gasteiger charge is 2.29. The van der Waals surface area contributed by atoms with Crippen LogP contribution in [0.15, 0.2) is 52.2 Å². The minimum atomic E-state index is 0.0989. The predicted molar refractivity (Wildman–Crippen MR) is 84.8 cm³/mol. The van der Waals surface area contributed by atoms with Crippen molar-refractivity contribution < 1.29 is 0 Å². The maximum atomic E-state index is 6.07. The number of aromatic nitrogens is 1. The van der Waals surface area contributed by atoms with E-state index < -0.39 is 0 Å². The van der Waals surface area contributed by atoms with Crippen LogP contribution in [0.4, 0.5) is 5.69 Å². The third-order valence-electron chi connectivity index (χ3n) is 3.38. The second-order valence-electron chi connectivity index (χ2n) is 4.86. The molecule has 0 fully saturated rings. The van der Waals surface area contributed by atoms with Gasteiger partial charge in [-0.2, -0.15) is 0 Å². The average molecular weight is 331 g/mol. The van der Waals surface area contributed by atoms with E-state index in [0.717, 1.165) is 15.7 Å². The second-order valence-corrected chi connectivity index (χ2v) is 5.78. The zero-order valence-electron chi connectivity index (χ0n) is 11.1. The van der Waals surface area contributed by atoms with E-state index in [4.69, 9.17) is 5.73 Å². The smallest absolute Gasteiger partial charge is 0.196 e. The van der Waals surface area contributed by atoms with Crippen LogP contribution in [0.1, 0.15) is 17.2 Å². The van der Waals surface area contributed by atoms with Gasteiger partial charge in [0.1, 0.15) is 0 Å². The first-order chi connectivity index (χ1) is 9.65. The van der Waals surface area contributed by atoms with Gasteiger partial charge in [-0.05, 0) is 52.2 Å². The molecule has 20 heavy (non-hydrogen) atoms. The van der Waals surface area contributed by atoms with Crippen molar-refractivity contribution in [3.63, 3.8) is 0 Å². The number of hydrogen-bond acceptors (Lipinski definition) is 4. The third-order valence-corrected chi connectivity index (χ3v) is 3.81. The number of aliphatic imine (C=N–C) groups is 1. The lowest BCUT2D eigenvalue weighted by Crippen LogP contribution is -2.36. The van der Waals surface area contributed by atoms with Gasteiger partial charge in [0, 0.05) is 22.6 Å². The molecule has 0 saturated heterocycles.